The van der Waals surface area contributed by atoms with E-state index in [1.54, 1.807) is 43.4 Å². The molecule has 1 heterocycles. The van der Waals surface area contributed by atoms with Crippen LogP contribution in [0.5, 0.6) is 0 Å². The molecular formula is C14H12ClNO2. The lowest BCUT2D eigenvalue weighted by Crippen LogP contribution is -2.25. The molecule has 0 atom stereocenters. The summed E-state index contributed by atoms with van der Waals surface area (Å²) < 4.78 is 1.46. The van der Waals surface area contributed by atoms with E-state index in [0.29, 0.717) is 10.6 Å². The maximum absolute atomic E-state index is 12.2. The molecule has 0 aliphatic rings. The van der Waals surface area contributed by atoms with Gasteiger partial charge in [-0.2, -0.15) is 0 Å². The second-order valence-electron chi connectivity index (χ2n) is 4.09. The first-order valence-electron chi connectivity index (χ1n) is 5.47. The van der Waals surface area contributed by atoms with Gasteiger partial charge in [-0.05, 0) is 43.3 Å². The van der Waals surface area contributed by atoms with Gasteiger partial charge < -0.3 is 4.57 Å². The van der Waals surface area contributed by atoms with Crippen molar-refractivity contribution < 1.29 is 4.79 Å². The van der Waals surface area contributed by atoms with Gasteiger partial charge in [0.05, 0.1) is 5.56 Å². The van der Waals surface area contributed by atoms with Gasteiger partial charge in [-0.3, -0.25) is 9.59 Å². The van der Waals surface area contributed by atoms with E-state index in [1.165, 1.54) is 4.57 Å². The second kappa shape index (κ2) is 4.78. The molecule has 0 amide bonds. The molecule has 0 N–H and O–H groups in total. The summed E-state index contributed by atoms with van der Waals surface area (Å²) in [6, 6.07) is 9.81. The summed E-state index contributed by atoms with van der Waals surface area (Å²) in [7, 11) is 1.65. The highest BCUT2D eigenvalue weighted by molar-refractivity contribution is 6.30. The fourth-order valence-electron chi connectivity index (χ4n) is 1.66. The monoisotopic (exact) mass is 261 g/mol. The number of halogens is 1. The molecule has 0 unspecified atom stereocenters. The lowest BCUT2D eigenvalue weighted by atomic mass is 10.0. The van der Waals surface area contributed by atoms with Crippen LogP contribution in [-0.2, 0) is 7.05 Å². The van der Waals surface area contributed by atoms with Gasteiger partial charge in [-0.25, -0.2) is 0 Å². The summed E-state index contributed by atoms with van der Waals surface area (Å²) in [6.07, 6.45) is 0. The van der Waals surface area contributed by atoms with Crippen LogP contribution in [0.15, 0.2) is 41.2 Å². The van der Waals surface area contributed by atoms with Crippen LogP contribution in [0.25, 0.3) is 0 Å². The van der Waals surface area contributed by atoms with Crippen LogP contribution in [0.2, 0.25) is 5.02 Å². The Balaban J connectivity index is 2.50. The van der Waals surface area contributed by atoms with Crippen molar-refractivity contribution in [3.05, 3.63) is 68.6 Å². The molecule has 0 aliphatic carbocycles. The number of nitrogens with zero attached hydrogens (tertiary/aromatic N) is 1. The zero-order valence-corrected chi connectivity index (χ0v) is 10.9. The van der Waals surface area contributed by atoms with Crippen LogP contribution in [0.3, 0.4) is 0 Å². The Bertz CT molecular complexity index is 656. The standard InChI is InChI=1S/C14H12ClNO2/c1-9-3-8-12(14(18)16(9)2)13(17)10-4-6-11(15)7-5-10/h3-8H,1-2H3. The Labute approximate surface area is 110 Å². The van der Waals surface area contributed by atoms with Crippen LogP contribution in [0.4, 0.5) is 0 Å². The third-order valence-corrected chi connectivity index (χ3v) is 3.16. The molecule has 0 fully saturated rings. The van der Waals surface area contributed by atoms with Gasteiger partial charge in [0, 0.05) is 23.3 Å². The quantitative estimate of drug-likeness (QED) is 0.780. The lowest BCUT2D eigenvalue weighted by molar-refractivity contribution is 0.103. The molecule has 2 aromatic rings. The van der Waals surface area contributed by atoms with Crippen LogP contribution < -0.4 is 5.56 Å². The summed E-state index contributed by atoms with van der Waals surface area (Å²) in [5, 5.41) is 0.559. The van der Waals surface area contributed by atoms with E-state index >= 15 is 0 Å². The summed E-state index contributed by atoms with van der Waals surface area (Å²) in [6.45, 7) is 1.82. The maximum atomic E-state index is 12.2. The number of rotatable bonds is 2. The van der Waals surface area contributed by atoms with Gasteiger partial charge in [-0.1, -0.05) is 11.6 Å². The van der Waals surface area contributed by atoms with Crippen LogP contribution >= 0.6 is 11.6 Å². The van der Waals surface area contributed by atoms with E-state index in [4.69, 9.17) is 11.6 Å². The van der Waals surface area contributed by atoms with Gasteiger partial charge in [0.25, 0.3) is 5.56 Å². The van der Waals surface area contributed by atoms with Crippen molar-refractivity contribution in [1.29, 1.82) is 0 Å². The molecule has 2 rings (SSSR count). The van der Waals surface area contributed by atoms with Crippen molar-refractivity contribution >= 4 is 17.4 Å². The van der Waals surface area contributed by atoms with E-state index in [9.17, 15) is 9.59 Å². The topological polar surface area (TPSA) is 39.1 Å². The predicted octanol–water partition coefficient (Wildman–Crippen LogP) is 2.58. The number of aryl methyl sites for hydroxylation is 1. The van der Waals surface area contributed by atoms with Crippen LogP contribution in [0.1, 0.15) is 21.6 Å². The Hall–Kier alpha value is -1.87. The molecule has 3 nitrogen and oxygen atoms in total. The Morgan fingerprint density at radius 1 is 1.11 bits per heavy atom. The number of carbonyl (C=O) groups excluding carboxylic acids is 1. The average molecular weight is 262 g/mol. The number of carbonyl (C=O) groups is 1. The zero-order chi connectivity index (χ0) is 13.3. The van der Waals surface area contributed by atoms with Crippen LogP contribution in [0, 0.1) is 6.92 Å². The fraction of sp³-hybridized carbons (Fsp3) is 0.143. The van der Waals surface area contributed by atoms with E-state index in [2.05, 4.69) is 0 Å². The summed E-state index contributed by atoms with van der Waals surface area (Å²) in [5.41, 5.74) is 1.16. The van der Waals surface area contributed by atoms with Crippen molar-refractivity contribution in [3.63, 3.8) is 0 Å². The highest BCUT2D eigenvalue weighted by Gasteiger charge is 2.14. The van der Waals surface area contributed by atoms with Crippen molar-refractivity contribution in [3.8, 4) is 0 Å². The number of benzene rings is 1. The van der Waals surface area contributed by atoms with Crippen molar-refractivity contribution in [2.45, 2.75) is 6.92 Å². The van der Waals surface area contributed by atoms with Gasteiger partial charge in [0.1, 0.15) is 0 Å². The first-order chi connectivity index (χ1) is 8.50. The first-order valence-corrected chi connectivity index (χ1v) is 5.85. The van der Waals surface area contributed by atoms with E-state index in [0.717, 1.165) is 5.69 Å². The number of hydrogen-bond acceptors (Lipinski definition) is 2. The predicted molar refractivity (Wildman–Crippen MR) is 71.3 cm³/mol. The molecule has 92 valence electrons. The molecule has 0 aliphatic heterocycles. The SMILES string of the molecule is Cc1ccc(C(=O)c2ccc(Cl)cc2)c(=O)n1C. The van der Waals surface area contributed by atoms with Crippen molar-refractivity contribution in [2.75, 3.05) is 0 Å². The summed E-state index contributed by atoms with van der Waals surface area (Å²) in [5.74, 6) is -0.285. The highest BCUT2D eigenvalue weighted by atomic mass is 35.5. The Morgan fingerprint density at radius 3 is 2.33 bits per heavy atom. The Kier molecular flexibility index (Phi) is 3.34. The van der Waals surface area contributed by atoms with Gasteiger partial charge >= 0.3 is 0 Å². The zero-order valence-electron chi connectivity index (χ0n) is 10.1. The van der Waals surface area contributed by atoms with E-state index < -0.39 is 0 Å². The van der Waals surface area contributed by atoms with Crippen LogP contribution in [-0.4, -0.2) is 10.4 Å². The van der Waals surface area contributed by atoms with Crippen molar-refractivity contribution in [1.82, 2.24) is 4.57 Å². The molecule has 0 radical (unpaired) electrons. The molecule has 0 saturated carbocycles. The van der Waals surface area contributed by atoms with Gasteiger partial charge in [0.2, 0.25) is 0 Å². The molecule has 1 aromatic carbocycles. The molecule has 4 heteroatoms. The van der Waals surface area contributed by atoms with Gasteiger partial charge in [0.15, 0.2) is 5.78 Å². The minimum absolute atomic E-state index is 0.172. The highest BCUT2D eigenvalue weighted by Crippen LogP contribution is 2.12. The smallest absolute Gasteiger partial charge is 0.261 e. The molecule has 0 saturated heterocycles. The Morgan fingerprint density at radius 2 is 1.72 bits per heavy atom. The normalized spacial score (nSPS) is 10.4. The first kappa shape index (κ1) is 12.6. The number of hydrogen-bond donors (Lipinski definition) is 0. The molecule has 1 aromatic heterocycles. The van der Waals surface area contributed by atoms with E-state index in [1.807, 2.05) is 6.92 Å². The second-order valence-corrected chi connectivity index (χ2v) is 4.53. The molecule has 0 spiro atoms. The van der Waals surface area contributed by atoms with Crippen molar-refractivity contribution in [2.24, 2.45) is 7.05 Å². The number of aromatic nitrogens is 1. The minimum atomic E-state index is -0.285. The third-order valence-electron chi connectivity index (χ3n) is 2.91. The largest absolute Gasteiger partial charge is 0.315 e. The minimum Gasteiger partial charge on any atom is -0.315 e. The molecular weight excluding hydrogens is 250 g/mol. The number of pyridine rings is 1. The van der Waals surface area contributed by atoms with E-state index in [-0.39, 0.29) is 16.9 Å². The number of ketones is 1. The maximum Gasteiger partial charge on any atom is 0.261 e. The summed E-state index contributed by atoms with van der Waals surface area (Å²) in [4.78, 5) is 24.2. The van der Waals surface area contributed by atoms with Gasteiger partial charge in [-0.15, -0.1) is 0 Å². The fourth-order valence-corrected chi connectivity index (χ4v) is 1.78. The summed E-state index contributed by atoms with van der Waals surface area (Å²) >= 11 is 5.76. The lowest BCUT2D eigenvalue weighted by Gasteiger charge is -2.06. The third kappa shape index (κ3) is 2.22. The molecule has 0 bridgehead atoms. The molecule has 18 heavy (non-hydrogen) atoms. The average Bonchev–Trinajstić information content (AvgIpc) is 2.36.